The molecule has 3 rings (SSSR count). The number of carbonyl (C=O) groups excluding carboxylic acids is 1. The maximum absolute atomic E-state index is 12.4. The fourth-order valence-corrected chi connectivity index (χ4v) is 4.51. The van der Waals surface area contributed by atoms with Gasteiger partial charge in [0.1, 0.15) is 18.1 Å². The van der Waals surface area contributed by atoms with Gasteiger partial charge in [-0.2, -0.15) is 0 Å². The molecule has 0 bridgehead atoms. The highest BCUT2D eigenvalue weighted by Crippen LogP contribution is 2.30. The first kappa shape index (κ1) is 28.5. The summed E-state index contributed by atoms with van der Waals surface area (Å²) in [5.74, 6) is 2.04. The van der Waals surface area contributed by atoms with Crippen LogP contribution >= 0.6 is 0 Å². The van der Waals surface area contributed by atoms with Crippen molar-refractivity contribution in [1.82, 2.24) is 0 Å². The van der Waals surface area contributed by atoms with Crippen molar-refractivity contribution < 1.29 is 29.6 Å². The molecule has 37 heavy (non-hydrogen) atoms. The van der Waals surface area contributed by atoms with Gasteiger partial charge in [-0.15, -0.1) is 0 Å². The molecule has 6 nitrogen and oxygen atoms in total. The minimum atomic E-state index is -0.596. The number of phenols is 1. The lowest BCUT2D eigenvalue weighted by Gasteiger charge is -2.14. The molecule has 0 radical (unpaired) electrons. The van der Waals surface area contributed by atoms with Gasteiger partial charge in [-0.25, -0.2) is 0 Å². The molecule has 3 aromatic rings. The number of fused-ring (bicyclic) bond motifs is 1. The summed E-state index contributed by atoms with van der Waals surface area (Å²) in [6.45, 7) is 2.71. The molecule has 0 spiro atoms. The maximum Gasteiger partial charge on any atom is 0.161 e. The number of aliphatic hydroxyl groups is 2. The monoisotopic (exact) mass is 508 g/mol. The summed E-state index contributed by atoms with van der Waals surface area (Å²) in [6.07, 6.45) is 4.91. The first-order chi connectivity index (χ1) is 17.9. The Morgan fingerprint density at radius 3 is 2.41 bits per heavy atom. The third-order valence-corrected chi connectivity index (χ3v) is 6.77. The van der Waals surface area contributed by atoms with E-state index < -0.39 is 6.10 Å². The number of aromatic hydroxyl groups is 1. The van der Waals surface area contributed by atoms with Crippen LogP contribution in [0.1, 0.15) is 63.0 Å². The molecular weight excluding hydrogens is 468 g/mol. The number of ketones is 1. The minimum absolute atomic E-state index is 0.0571. The first-order valence-electron chi connectivity index (χ1n) is 13.2. The molecule has 0 saturated carbocycles. The standard InChI is InChI=1S/C31H40O6/c1-22(15-16-32)5-3-4-6-27(33)20-29(35)12-8-23-9-14-30(36-2)31(18-23)37-21-24-7-10-26-19-28(34)13-11-25(26)17-24/h7,9-11,13-14,17-19,22,27,32-34H,3-6,8,12,15-16,20-21H2,1-2H3. The van der Waals surface area contributed by atoms with E-state index in [-0.39, 0.29) is 24.6 Å². The summed E-state index contributed by atoms with van der Waals surface area (Å²) in [6, 6.07) is 16.9. The molecule has 0 fully saturated rings. The van der Waals surface area contributed by atoms with Gasteiger partial charge in [0.15, 0.2) is 11.5 Å². The van der Waals surface area contributed by atoms with Gasteiger partial charge >= 0.3 is 0 Å². The highest BCUT2D eigenvalue weighted by atomic mass is 16.5. The first-order valence-corrected chi connectivity index (χ1v) is 13.2. The van der Waals surface area contributed by atoms with Gasteiger partial charge in [0.2, 0.25) is 0 Å². The Morgan fingerprint density at radius 2 is 1.62 bits per heavy atom. The molecule has 0 aliphatic heterocycles. The Balaban J connectivity index is 1.47. The van der Waals surface area contributed by atoms with Gasteiger partial charge in [-0.1, -0.05) is 50.5 Å². The number of carbonyl (C=O) groups is 1. The zero-order valence-electron chi connectivity index (χ0n) is 22.0. The normalized spacial score (nSPS) is 12.9. The van der Waals surface area contributed by atoms with Crippen molar-refractivity contribution in [3.05, 3.63) is 65.7 Å². The lowest BCUT2D eigenvalue weighted by molar-refractivity contribution is -0.121. The molecule has 3 aromatic carbocycles. The van der Waals surface area contributed by atoms with Gasteiger partial charge in [0.25, 0.3) is 0 Å². The smallest absolute Gasteiger partial charge is 0.161 e. The molecule has 0 heterocycles. The lowest BCUT2D eigenvalue weighted by atomic mass is 9.97. The van der Waals surface area contributed by atoms with Crippen LogP contribution in [0.2, 0.25) is 0 Å². The van der Waals surface area contributed by atoms with E-state index in [9.17, 15) is 15.0 Å². The number of phenolic OH excluding ortho intramolecular Hbond substituents is 1. The fraction of sp³-hybridized carbons (Fsp3) is 0.452. The number of aliphatic hydroxyl groups excluding tert-OH is 2. The van der Waals surface area contributed by atoms with Crippen molar-refractivity contribution in [1.29, 1.82) is 0 Å². The van der Waals surface area contributed by atoms with Crippen molar-refractivity contribution in [3.63, 3.8) is 0 Å². The summed E-state index contributed by atoms with van der Waals surface area (Å²) >= 11 is 0. The lowest BCUT2D eigenvalue weighted by Crippen LogP contribution is -2.14. The molecule has 3 N–H and O–H groups in total. The molecular formula is C31H40O6. The van der Waals surface area contributed by atoms with E-state index in [0.29, 0.717) is 43.3 Å². The fourth-order valence-electron chi connectivity index (χ4n) is 4.51. The Labute approximate surface area is 219 Å². The Hall–Kier alpha value is -3.09. The van der Waals surface area contributed by atoms with Crippen molar-refractivity contribution in [2.24, 2.45) is 5.92 Å². The van der Waals surface area contributed by atoms with E-state index in [2.05, 4.69) is 6.92 Å². The summed E-state index contributed by atoms with van der Waals surface area (Å²) in [4.78, 5) is 12.4. The number of unbranched alkanes of at least 4 members (excludes halogenated alkanes) is 1. The van der Waals surface area contributed by atoms with Crippen LogP contribution in [-0.4, -0.2) is 40.9 Å². The van der Waals surface area contributed by atoms with Gasteiger partial charge in [0.05, 0.1) is 13.2 Å². The van der Waals surface area contributed by atoms with Crippen molar-refractivity contribution in [2.75, 3.05) is 13.7 Å². The number of aryl methyl sites for hydroxylation is 1. The number of methoxy groups -OCH3 is 1. The predicted octanol–water partition coefficient (Wildman–Crippen LogP) is 5.96. The summed E-state index contributed by atoms with van der Waals surface area (Å²) < 4.78 is 11.5. The van der Waals surface area contributed by atoms with E-state index in [4.69, 9.17) is 14.6 Å². The molecule has 0 aliphatic rings. The Morgan fingerprint density at radius 1 is 0.892 bits per heavy atom. The number of rotatable bonds is 16. The topological polar surface area (TPSA) is 96.2 Å². The average molecular weight is 509 g/mol. The molecule has 200 valence electrons. The molecule has 0 amide bonds. The predicted molar refractivity (Wildman–Crippen MR) is 146 cm³/mol. The van der Waals surface area contributed by atoms with Crippen LogP contribution < -0.4 is 9.47 Å². The van der Waals surface area contributed by atoms with E-state index in [0.717, 1.165) is 47.6 Å². The van der Waals surface area contributed by atoms with Gasteiger partial charge in [0, 0.05) is 19.4 Å². The van der Waals surface area contributed by atoms with Crippen LogP contribution in [0, 0.1) is 5.92 Å². The molecule has 0 aromatic heterocycles. The third-order valence-electron chi connectivity index (χ3n) is 6.77. The van der Waals surface area contributed by atoms with Crippen LogP contribution in [0.3, 0.4) is 0 Å². The second-order valence-electron chi connectivity index (χ2n) is 9.94. The molecule has 0 aliphatic carbocycles. The summed E-state index contributed by atoms with van der Waals surface area (Å²) in [5, 5.41) is 30.9. The molecule has 0 saturated heterocycles. The van der Waals surface area contributed by atoms with Crippen molar-refractivity contribution >= 4 is 16.6 Å². The zero-order chi connectivity index (χ0) is 26.6. The van der Waals surface area contributed by atoms with Crippen LogP contribution in [0.4, 0.5) is 0 Å². The van der Waals surface area contributed by atoms with Crippen LogP contribution in [-0.2, 0) is 17.8 Å². The van der Waals surface area contributed by atoms with Crippen LogP contribution in [0.15, 0.2) is 54.6 Å². The van der Waals surface area contributed by atoms with Crippen molar-refractivity contribution in [2.45, 2.75) is 71.0 Å². The second-order valence-corrected chi connectivity index (χ2v) is 9.94. The SMILES string of the molecule is COc1ccc(CCC(=O)CC(O)CCCCC(C)CCO)cc1OCc1ccc2cc(O)ccc2c1. The number of hydrogen-bond donors (Lipinski definition) is 3. The largest absolute Gasteiger partial charge is 0.508 e. The quantitative estimate of drug-likeness (QED) is 0.207. The van der Waals surface area contributed by atoms with E-state index >= 15 is 0 Å². The van der Waals surface area contributed by atoms with Crippen molar-refractivity contribution in [3.8, 4) is 17.2 Å². The van der Waals surface area contributed by atoms with Gasteiger partial charge in [-0.3, -0.25) is 4.79 Å². The Kier molecular flexibility index (Phi) is 11.2. The van der Waals surface area contributed by atoms with Crippen LogP contribution in [0.5, 0.6) is 17.2 Å². The number of ether oxygens (including phenoxy) is 2. The Bertz CT molecular complexity index is 1140. The maximum atomic E-state index is 12.4. The highest BCUT2D eigenvalue weighted by Gasteiger charge is 2.13. The van der Waals surface area contributed by atoms with E-state index in [1.54, 1.807) is 19.2 Å². The second kappa shape index (κ2) is 14.6. The summed E-state index contributed by atoms with van der Waals surface area (Å²) in [5.41, 5.74) is 1.98. The number of hydrogen-bond acceptors (Lipinski definition) is 6. The van der Waals surface area contributed by atoms with Gasteiger partial charge in [-0.05, 0) is 77.4 Å². The van der Waals surface area contributed by atoms with Gasteiger partial charge < -0.3 is 24.8 Å². The highest BCUT2D eigenvalue weighted by molar-refractivity contribution is 5.84. The third kappa shape index (κ3) is 9.38. The number of Topliss-reactive ketones (excluding diaryl/α,β-unsaturated/α-hetero) is 1. The van der Waals surface area contributed by atoms with E-state index in [1.807, 2.05) is 42.5 Å². The molecule has 2 unspecified atom stereocenters. The average Bonchev–Trinajstić information content (AvgIpc) is 2.89. The zero-order valence-corrected chi connectivity index (χ0v) is 22.0. The summed E-state index contributed by atoms with van der Waals surface area (Å²) in [7, 11) is 1.60. The minimum Gasteiger partial charge on any atom is -0.508 e. The number of benzene rings is 3. The van der Waals surface area contributed by atoms with E-state index in [1.165, 1.54) is 0 Å². The molecule has 6 heteroatoms. The molecule has 2 atom stereocenters. The van der Waals surface area contributed by atoms with Crippen LogP contribution in [0.25, 0.3) is 10.8 Å².